The molecule has 0 aliphatic carbocycles. The number of amides is 1. The second-order valence-electron chi connectivity index (χ2n) is 3.82. The van der Waals surface area contributed by atoms with Crippen LogP contribution in [0.15, 0.2) is 0 Å². The van der Waals surface area contributed by atoms with E-state index >= 15 is 0 Å². The molecule has 0 aromatic carbocycles. The summed E-state index contributed by atoms with van der Waals surface area (Å²) in [6.45, 7) is 4.10. The van der Waals surface area contributed by atoms with Gasteiger partial charge in [0, 0.05) is 12.6 Å². The molecule has 0 spiro atoms. The smallest absolute Gasteiger partial charge is 0.239 e. The largest absolute Gasteiger partial charge is 0.338 e. The minimum Gasteiger partial charge on any atom is -0.338 e. The van der Waals surface area contributed by atoms with Crippen molar-refractivity contribution in [2.75, 3.05) is 13.1 Å². The Hall–Kier alpha value is -0.570. The molecule has 0 radical (unpaired) electrons. The molecule has 2 saturated heterocycles. The third-order valence-electron chi connectivity index (χ3n) is 2.96. The second-order valence-corrected chi connectivity index (χ2v) is 3.82. The molecule has 1 N–H and O–H groups in total. The molecule has 1 amide bonds. The normalized spacial score (nSPS) is 34.9. The highest BCUT2D eigenvalue weighted by molar-refractivity contribution is 5.83. The Morgan fingerprint density at radius 2 is 2.33 bits per heavy atom. The van der Waals surface area contributed by atoms with E-state index in [4.69, 9.17) is 0 Å². The Labute approximate surface area is 73.1 Å². The molecule has 2 atom stereocenters. The topological polar surface area (TPSA) is 32.3 Å². The van der Waals surface area contributed by atoms with E-state index in [0.29, 0.717) is 11.9 Å². The van der Waals surface area contributed by atoms with Gasteiger partial charge in [-0.15, -0.1) is 0 Å². The van der Waals surface area contributed by atoms with Gasteiger partial charge in [-0.3, -0.25) is 4.79 Å². The standard InChI is InChI=1S/C9H16N2O/c1-7-4-6-11(7)9(12)8-3-2-5-10-8/h7-8,10H,2-6H2,1H3. The van der Waals surface area contributed by atoms with E-state index in [9.17, 15) is 4.79 Å². The van der Waals surface area contributed by atoms with Crippen LogP contribution in [0.3, 0.4) is 0 Å². The highest BCUT2D eigenvalue weighted by Gasteiger charge is 2.33. The van der Waals surface area contributed by atoms with Crippen LogP contribution < -0.4 is 5.32 Å². The van der Waals surface area contributed by atoms with Crippen molar-refractivity contribution >= 4 is 5.91 Å². The number of carbonyl (C=O) groups excluding carboxylic acids is 1. The highest BCUT2D eigenvalue weighted by Crippen LogP contribution is 2.19. The molecule has 3 nitrogen and oxygen atoms in total. The molecule has 3 heteroatoms. The van der Waals surface area contributed by atoms with E-state index in [1.54, 1.807) is 0 Å². The van der Waals surface area contributed by atoms with Crippen molar-refractivity contribution in [1.82, 2.24) is 10.2 Å². The summed E-state index contributed by atoms with van der Waals surface area (Å²) in [7, 11) is 0. The third kappa shape index (κ3) is 1.22. The molecular formula is C9H16N2O. The predicted molar refractivity (Wildman–Crippen MR) is 46.8 cm³/mol. The first-order chi connectivity index (χ1) is 5.79. The van der Waals surface area contributed by atoms with Gasteiger partial charge in [0.15, 0.2) is 0 Å². The molecule has 2 aliphatic heterocycles. The first kappa shape index (κ1) is 8.05. The highest BCUT2D eigenvalue weighted by atomic mass is 16.2. The van der Waals surface area contributed by atoms with Crippen molar-refractivity contribution in [1.29, 1.82) is 0 Å². The SMILES string of the molecule is CC1CCN1C(=O)C1CCCN1. The predicted octanol–water partition coefficient (Wildman–Crippen LogP) is 0.359. The van der Waals surface area contributed by atoms with Crippen molar-refractivity contribution in [3.8, 4) is 0 Å². The first-order valence-electron chi connectivity index (χ1n) is 4.83. The summed E-state index contributed by atoms with van der Waals surface area (Å²) in [5.74, 6) is 0.325. The van der Waals surface area contributed by atoms with E-state index in [1.807, 2.05) is 4.90 Å². The van der Waals surface area contributed by atoms with E-state index < -0.39 is 0 Å². The molecule has 0 bridgehead atoms. The van der Waals surface area contributed by atoms with Gasteiger partial charge < -0.3 is 10.2 Å². The Kier molecular flexibility index (Phi) is 2.05. The summed E-state index contributed by atoms with van der Waals surface area (Å²) in [5, 5.41) is 3.23. The van der Waals surface area contributed by atoms with Gasteiger partial charge in [0.25, 0.3) is 0 Å². The fourth-order valence-corrected chi connectivity index (χ4v) is 1.94. The zero-order chi connectivity index (χ0) is 8.55. The summed E-state index contributed by atoms with van der Waals surface area (Å²) < 4.78 is 0. The van der Waals surface area contributed by atoms with Crippen LogP contribution in [-0.2, 0) is 4.79 Å². The number of carbonyl (C=O) groups is 1. The third-order valence-corrected chi connectivity index (χ3v) is 2.96. The fourth-order valence-electron chi connectivity index (χ4n) is 1.94. The summed E-state index contributed by atoms with van der Waals surface area (Å²) >= 11 is 0. The van der Waals surface area contributed by atoms with Crippen LogP contribution in [0, 0.1) is 0 Å². The summed E-state index contributed by atoms with van der Waals surface area (Å²) in [6.07, 6.45) is 3.36. The number of nitrogens with zero attached hydrogens (tertiary/aromatic N) is 1. The fraction of sp³-hybridized carbons (Fsp3) is 0.889. The van der Waals surface area contributed by atoms with Gasteiger partial charge in [-0.1, -0.05) is 0 Å². The summed E-state index contributed by atoms with van der Waals surface area (Å²) in [4.78, 5) is 13.7. The average Bonchev–Trinajstić information content (AvgIpc) is 2.53. The number of rotatable bonds is 1. The first-order valence-corrected chi connectivity index (χ1v) is 4.83. The molecule has 68 valence electrons. The van der Waals surface area contributed by atoms with E-state index in [1.165, 1.54) is 6.42 Å². The van der Waals surface area contributed by atoms with Crippen LogP contribution in [-0.4, -0.2) is 36.0 Å². The molecule has 2 heterocycles. The molecule has 2 unspecified atom stereocenters. The number of hydrogen-bond acceptors (Lipinski definition) is 2. The van der Waals surface area contributed by atoms with Crippen LogP contribution in [0.5, 0.6) is 0 Å². The quantitative estimate of drug-likeness (QED) is 0.613. The van der Waals surface area contributed by atoms with Gasteiger partial charge in [-0.25, -0.2) is 0 Å². The average molecular weight is 168 g/mol. The minimum absolute atomic E-state index is 0.132. The molecule has 2 aliphatic rings. The van der Waals surface area contributed by atoms with Crippen molar-refractivity contribution in [3.63, 3.8) is 0 Å². The van der Waals surface area contributed by atoms with Crippen LogP contribution in [0.2, 0.25) is 0 Å². The lowest BCUT2D eigenvalue weighted by molar-refractivity contribution is -0.140. The van der Waals surface area contributed by atoms with Crippen LogP contribution in [0.4, 0.5) is 0 Å². The Morgan fingerprint density at radius 3 is 2.75 bits per heavy atom. The molecular weight excluding hydrogens is 152 g/mol. The Morgan fingerprint density at radius 1 is 1.50 bits per heavy atom. The van der Waals surface area contributed by atoms with Gasteiger partial charge in [0.05, 0.1) is 6.04 Å². The van der Waals surface area contributed by atoms with Gasteiger partial charge in [0.1, 0.15) is 0 Å². The molecule has 0 aromatic rings. The van der Waals surface area contributed by atoms with E-state index in [0.717, 1.165) is 25.9 Å². The van der Waals surface area contributed by atoms with Gasteiger partial charge >= 0.3 is 0 Å². The zero-order valence-corrected chi connectivity index (χ0v) is 7.55. The maximum atomic E-state index is 11.7. The van der Waals surface area contributed by atoms with Crippen molar-refractivity contribution in [3.05, 3.63) is 0 Å². The van der Waals surface area contributed by atoms with Crippen LogP contribution in [0.25, 0.3) is 0 Å². The molecule has 0 aromatic heterocycles. The number of hydrogen-bond donors (Lipinski definition) is 1. The lowest BCUT2D eigenvalue weighted by Crippen LogP contribution is -2.54. The van der Waals surface area contributed by atoms with Gasteiger partial charge in [-0.05, 0) is 32.7 Å². The lowest BCUT2D eigenvalue weighted by Gasteiger charge is -2.40. The van der Waals surface area contributed by atoms with E-state index in [-0.39, 0.29) is 6.04 Å². The monoisotopic (exact) mass is 168 g/mol. The maximum Gasteiger partial charge on any atom is 0.239 e. The van der Waals surface area contributed by atoms with Crippen molar-refractivity contribution in [2.24, 2.45) is 0 Å². The maximum absolute atomic E-state index is 11.7. The summed E-state index contributed by atoms with van der Waals surface area (Å²) in [6, 6.07) is 0.618. The van der Waals surface area contributed by atoms with Gasteiger partial charge in [-0.2, -0.15) is 0 Å². The molecule has 2 rings (SSSR count). The number of nitrogens with one attached hydrogen (secondary N) is 1. The molecule has 0 saturated carbocycles. The zero-order valence-electron chi connectivity index (χ0n) is 7.55. The number of likely N-dealkylation sites (tertiary alicyclic amines) is 1. The Bertz CT molecular complexity index is 183. The second kappa shape index (κ2) is 3.05. The van der Waals surface area contributed by atoms with Gasteiger partial charge in [0.2, 0.25) is 5.91 Å². The van der Waals surface area contributed by atoms with Crippen molar-refractivity contribution in [2.45, 2.75) is 38.3 Å². The molecule has 2 fully saturated rings. The van der Waals surface area contributed by atoms with Crippen LogP contribution in [0.1, 0.15) is 26.2 Å². The summed E-state index contributed by atoms with van der Waals surface area (Å²) in [5.41, 5.74) is 0. The van der Waals surface area contributed by atoms with Crippen molar-refractivity contribution < 1.29 is 4.79 Å². The van der Waals surface area contributed by atoms with Crippen LogP contribution >= 0.6 is 0 Å². The Balaban J connectivity index is 1.90. The lowest BCUT2D eigenvalue weighted by atomic mass is 10.0. The minimum atomic E-state index is 0.132. The van der Waals surface area contributed by atoms with E-state index in [2.05, 4.69) is 12.2 Å². The molecule has 12 heavy (non-hydrogen) atoms.